The predicted molar refractivity (Wildman–Crippen MR) is 105 cm³/mol. The summed E-state index contributed by atoms with van der Waals surface area (Å²) >= 11 is 5.94. The van der Waals surface area contributed by atoms with E-state index >= 15 is 0 Å². The zero-order chi connectivity index (χ0) is 17.7. The Kier molecular flexibility index (Phi) is 16.2. The first-order valence-corrected chi connectivity index (χ1v) is 7.09. The van der Waals surface area contributed by atoms with E-state index in [1.165, 1.54) is 26.4 Å². The molecular weight excluding hydrogens is 514 g/mol. The summed E-state index contributed by atoms with van der Waals surface area (Å²) in [7, 11) is 2.68. The van der Waals surface area contributed by atoms with Crippen LogP contribution in [-0.4, -0.2) is 41.5 Å². The second kappa shape index (κ2) is 14.5. The molecule has 1 heterocycles. The first-order chi connectivity index (χ1) is 11.5. The first-order valence-electron chi connectivity index (χ1n) is 6.72. The Morgan fingerprint density at radius 3 is 2.32 bits per heavy atom. The minimum absolute atomic E-state index is 0. The molecule has 0 bridgehead atoms. The third kappa shape index (κ3) is 7.86. The van der Waals surface area contributed by atoms with E-state index in [0.29, 0.717) is 17.0 Å². The molecule has 0 aliphatic rings. The fraction of sp³-hybridized carbons (Fsp3) is 0.167. The van der Waals surface area contributed by atoms with Crippen molar-refractivity contribution in [1.82, 2.24) is 10.2 Å². The maximum Gasteiger partial charge on any atom is 3.00 e. The minimum atomic E-state index is -1.08. The van der Waals surface area contributed by atoms with Crippen LogP contribution in [0.2, 0.25) is 5.15 Å². The Labute approximate surface area is 204 Å². The van der Waals surface area contributed by atoms with Crippen LogP contribution in [0.15, 0.2) is 24.3 Å². The number of halogens is 1. The van der Waals surface area contributed by atoms with E-state index in [2.05, 4.69) is 20.3 Å². The van der Waals surface area contributed by atoms with E-state index in [-0.39, 0.29) is 87.0 Å². The Balaban J connectivity index is -0.00000156. The van der Waals surface area contributed by atoms with Gasteiger partial charge in [0.1, 0.15) is 5.75 Å². The third-order valence-electron chi connectivity index (χ3n) is 3.16. The molecule has 0 spiro atoms. The molecule has 0 saturated carbocycles. The number of ether oxygens (including phenoxy) is 2. The summed E-state index contributed by atoms with van der Waals surface area (Å²) in [6, 6.07) is 6.07. The SMILES string of the molecule is COC(=O)c1cc(NCc2ccc(OC)cc2C(=O)O)c(Cl)nn1.[CH3-].[CH3-].[CH3-].[Ce+3]. The standard InChI is InChI=1S/C15H14ClN3O5.3CH3.Ce/c1-23-9-4-3-8(10(5-9)14(20)21)7-17-11-6-12(15(22)24-2)18-19-13(11)16;;;;/h3-6H,7H2,1-2H3,(H,17,18)(H,20,21);3*1H3;/q;3*-1;+3. The zero-order valence-corrected chi connectivity index (χ0v) is 20.3. The number of nitrogens with zero attached hydrogens (tertiary/aromatic N) is 2. The van der Waals surface area contributed by atoms with Gasteiger partial charge in [0, 0.05) is 6.54 Å². The zero-order valence-electron chi connectivity index (χ0n) is 16.4. The number of methoxy groups -OCH3 is 2. The van der Waals surface area contributed by atoms with Crippen LogP contribution in [0.4, 0.5) is 5.69 Å². The van der Waals surface area contributed by atoms with E-state index in [9.17, 15) is 14.7 Å². The van der Waals surface area contributed by atoms with Gasteiger partial charge in [-0.2, -0.15) is 0 Å². The van der Waals surface area contributed by atoms with Crippen molar-refractivity contribution in [3.05, 3.63) is 68.5 Å². The number of carboxylic acids is 1. The van der Waals surface area contributed by atoms with E-state index in [0.717, 1.165) is 0 Å². The molecule has 151 valence electrons. The molecule has 0 aliphatic heterocycles. The first kappa shape index (κ1) is 31.2. The van der Waals surface area contributed by atoms with Gasteiger partial charge in [-0.3, -0.25) is 0 Å². The van der Waals surface area contributed by atoms with Crippen molar-refractivity contribution in [3.63, 3.8) is 0 Å². The Morgan fingerprint density at radius 2 is 1.79 bits per heavy atom. The molecule has 0 fully saturated rings. The molecule has 1 aromatic carbocycles. The summed E-state index contributed by atoms with van der Waals surface area (Å²) in [4.78, 5) is 22.8. The number of hydrogen-bond donors (Lipinski definition) is 2. The molecule has 2 N–H and O–H groups in total. The molecule has 2 aromatic rings. The van der Waals surface area contributed by atoms with Crippen molar-refractivity contribution in [3.8, 4) is 5.75 Å². The minimum Gasteiger partial charge on any atom is -0.497 e. The number of esters is 1. The van der Waals surface area contributed by atoms with E-state index in [1.807, 2.05) is 0 Å². The largest absolute Gasteiger partial charge is 3.00 e. The van der Waals surface area contributed by atoms with Gasteiger partial charge in [-0.15, -0.1) is 10.2 Å². The van der Waals surface area contributed by atoms with Crippen LogP contribution in [0.3, 0.4) is 0 Å². The van der Waals surface area contributed by atoms with Gasteiger partial charge in [0.2, 0.25) is 0 Å². The van der Waals surface area contributed by atoms with Gasteiger partial charge >= 0.3 is 53.7 Å². The summed E-state index contributed by atoms with van der Waals surface area (Å²) in [5, 5.41) is 19.6. The molecule has 28 heavy (non-hydrogen) atoms. The summed E-state index contributed by atoms with van der Waals surface area (Å²) < 4.78 is 9.59. The number of aromatic nitrogens is 2. The molecule has 1 aromatic heterocycles. The van der Waals surface area contributed by atoms with Crippen molar-refractivity contribution in [2.24, 2.45) is 0 Å². The van der Waals surface area contributed by atoms with Crippen LogP contribution in [0.1, 0.15) is 26.4 Å². The number of rotatable bonds is 6. The number of hydrogen-bond acceptors (Lipinski definition) is 7. The fourth-order valence-corrected chi connectivity index (χ4v) is 2.09. The van der Waals surface area contributed by atoms with Gasteiger partial charge in [-0.25, -0.2) is 9.59 Å². The normalized spacial score (nSPS) is 8.68. The van der Waals surface area contributed by atoms with Gasteiger partial charge < -0.3 is 42.2 Å². The number of aromatic carboxylic acids is 1. The van der Waals surface area contributed by atoms with Crippen LogP contribution in [-0.2, 0) is 11.3 Å². The van der Waals surface area contributed by atoms with Crippen LogP contribution >= 0.6 is 11.6 Å². The van der Waals surface area contributed by atoms with Gasteiger partial charge in [-0.1, -0.05) is 17.7 Å². The fourth-order valence-electron chi connectivity index (χ4n) is 1.93. The molecule has 8 nitrogen and oxygen atoms in total. The van der Waals surface area contributed by atoms with E-state index in [1.54, 1.807) is 12.1 Å². The second-order valence-electron chi connectivity index (χ2n) is 4.61. The molecule has 1 radical (unpaired) electrons. The molecular formula is C18H23CeClN3O5. The van der Waals surface area contributed by atoms with Gasteiger partial charge in [0.25, 0.3) is 0 Å². The average molecular weight is 537 g/mol. The average Bonchev–Trinajstić information content (AvgIpc) is 2.60. The topological polar surface area (TPSA) is 111 Å². The van der Waals surface area contributed by atoms with E-state index in [4.69, 9.17) is 16.3 Å². The van der Waals surface area contributed by atoms with Crippen LogP contribution in [0, 0.1) is 64.0 Å². The van der Waals surface area contributed by atoms with Crippen LogP contribution < -0.4 is 10.1 Å². The van der Waals surface area contributed by atoms with Crippen molar-refractivity contribution in [2.75, 3.05) is 19.5 Å². The Hall–Kier alpha value is -1.49. The van der Waals surface area contributed by atoms with E-state index < -0.39 is 11.9 Å². The van der Waals surface area contributed by atoms with Crippen LogP contribution in [0.5, 0.6) is 5.75 Å². The number of carbonyl (C=O) groups excluding carboxylic acids is 1. The number of carbonyl (C=O) groups is 2. The summed E-state index contributed by atoms with van der Waals surface area (Å²) in [6.07, 6.45) is 0. The third-order valence-corrected chi connectivity index (χ3v) is 3.44. The van der Waals surface area contributed by atoms with Crippen molar-refractivity contribution >= 4 is 29.2 Å². The van der Waals surface area contributed by atoms with Gasteiger partial charge in [0.15, 0.2) is 10.8 Å². The number of anilines is 1. The predicted octanol–water partition coefficient (Wildman–Crippen LogP) is 3.59. The van der Waals surface area contributed by atoms with Gasteiger partial charge in [0.05, 0.1) is 25.5 Å². The summed E-state index contributed by atoms with van der Waals surface area (Å²) in [5.74, 6) is -1.30. The van der Waals surface area contributed by atoms with Gasteiger partial charge in [-0.05, 0) is 23.8 Å². The molecule has 0 atom stereocenters. The second-order valence-corrected chi connectivity index (χ2v) is 4.97. The maximum absolute atomic E-state index is 11.5. The maximum atomic E-state index is 11.5. The monoisotopic (exact) mass is 536 g/mol. The molecule has 0 saturated heterocycles. The quantitative estimate of drug-likeness (QED) is 0.426. The molecule has 2 rings (SSSR count). The van der Waals surface area contributed by atoms with Crippen molar-refractivity contribution in [2.45, 2.75) is 6.54 Å². The molecule has 10 heteroatoms. The van der Waals surface area contributed by atoms with Crippen molar-refractivity contribution < 1.29 is 65.9 Å². The number of carboxylic acid groups (broad SMARTS) is 1. The summed E-state index contributed by atoms with van der Waals surface area (Å²) in [5.41, 5.74) is 0.917. The smallest absolute Gasteiger partial charge is 0.497 e. The molecule has 0 amide bonds. The van der Waals surface area contributed by atoms with Crippen molar-refractivity contribution in [1.29, 1.82) is 0 Å². The molecule has 0 aliphatic carbocycles. The number of nitrogens with one attached hydrogen (secondary N) is 1. The van der Waals surface area contributed by atoms with Crippen LogP contribution in [0.25, 0.3) is 0 Å². The Morgan fingerprint density at radius 1 is 1.14 bits per heavy atom. The number of benzene rings is 1. The molecule has 0 unspecified atom stereocenters. The Bertz CT molecular complexity index is 790. The summed E-state index contributed by atoms with van der Waals surface area (Å²) in [6.45, 7) is 0.150.